The van der Waals surface area contributed by atoms with E-state index < -0.39 is 5.92 Å². The number of rotatable bonds is 2. The van der Waals surface area contributed by atoms with E-state index in [1.807, 2.05) is 0 Å². The summed E-state index contributed by atoms with van der Waals surface area (Å²) in [5, 5.41) is 3.26. The van der Waals surface area contributed by atoms with Crippen LogP contribution in [-0.4, -0.2) is 16.9 Å². The fourth-order valence-corrected chi connectivity index (χ4v) is 1.62. The average Bonchev–Trinajstić information content (AvgIpc) is 2.00. The summed E-state index contributed by atoms with van der Waals surface area (Å²) in [7, 11) is 0. The van der Waals surface area contributed by atoms with E-state index in [0.717, 1.165) is 0 Å². The molecule has 1 N–H and O–H groups in total. The largest absolute Gasteiger partial charge is 0.367 e. The minimum absolute atomic E-state index is 0.124. The molecule has 0 atom stereocenters. The number of hydrogen-bond acceptors (Lipinski definition) is 2. The molecule has 1 fully saturated rings. The van der Waals surface area contributed by atoms with Crippen molar-refractivity contribution in [2.24, 2.45) is 0 Å². The molecule has 0 aliphatic heterocycles. The highest BCUT2D eigenvalue weighted by Gasteiger charge is 2.45. The van der Waals surface area contributed by atoms with Crippen molar-refractivity contribution in [3.8, 4) is 0 Å². The first-order valence-corrected chi connectivity index (χ1v) is 4.70. The lowest BCUT2D eigenvalue weighted by molar-refractivity contribution is -0.0794. The van der Waals surface area contributed by atoms with Crippen LogP contribution in [0.5, 0.6) is 0 Å². The first kappa shape index (κ1) is 9.65. The maximum atomic E-state index is 12.5. The third-order valence-corrected chi connectivity index (χ3v) is 2.37. The van der Waals surface area contributed by atoms with Gasteiger partial charge in [0, 0.05) is 18.9 Å². The predicted octanol–water partition coefficient (Wildman–Crippen LogP) is 2.94. The molecule has 1 aromatic heterocycles. The van der Waals surface area contributed by atoms with Crippen LogP contribution in [0.15, 0.2) is 18.2 Å². The molecule has 1 aromatic rings. The first-order chi connectivity index (χ1) is 6.55. The van der Waals surface area contributed by atoms with Gasteiger partial charge in [-0.25, -0.2) is 13.8 Å². The van der Waals surface area contributed by atoms with Gasteiger partial charge in [0.15, 0.2) is 0 Å². The quantitative estimate of drug-likeness (QED) is 0.772. The molecule has 76 valence electrons. The second-order valence-corrected chi connectivity index (χ2v) is 3.84. The Kier molecular flexibility index (Phi) is 2.31. The minimum Gasteiger partial charge on any atom is -0.367 e. The summed E-state index contributed by atoms with van der Waals surface area (Å²) >= 11 is 5.65. The molecule has 2 nitrogen and oxygen atoms in total. The average molecular weight is 219 g/mol. The molecule has 0 aromatic carbocycles. The van der Waals surface area contributed by atoms with Gasteiger partial charge in [0.2, 0.25) is 0 Å². The number of nitrogens with one attached hydrogen (secondary N) is 1. The second-order valence-electron chi connectivity index (χ2n) is 3.45. The highest BCUT2D eigenvalue weighted by molar-refractivity contribution is 6.29. The fourth-order valence-electron chi connectivity index (χ4n) is 1.46. The van der Waals surface area contributed by atoms with E-state index in [4.69, 9.17) is 11.6 Å². The van der Waals surface area contributed by atoms with Crippen molar-refractivity contribution in [3.63, 3.8) is 0 Å². The van der Waals surface area contributed by atoms with E-state index in [9.17, 15) is 8.78 Å². The van der Waals surface area contributed by atoms with Crippen LogP contribution in [0.3, 0.4) is 0 Å². The zero-order valence-electron chi connectivity index (χ0n) is 7.30. The molecule has 0 unspecified atom stereocenters. The van der Waals surface area contributed by atoms with Crippen LogP contribution < -0.4 is 5.32 Å². The Morgan fingerprint density at radius 2 is 2.14 bits per heavy atom. The lowest BCUT2D eigenvalue weighted by Crippen LogP contribution is -2.44. The number of nitrogens with zero attached hydrogens (tertiary/aromatic N) is 1. The van der Waals surface area contributed by atoms with Gasteiger partial charge in [-0.1, -0.05) is 17.7 Å². The summed E-state index contributed by atoms with van der Waals surface area (Å²) in [5.41, 5.74) is 0. The first-order valence-electron chi connectivity index (χ1n) is 4.32. The SMILES string of the molecule is FC1(F)CC(Nc2cccc(Cl)n2)C1. The Morgan fingerprint density at radius 1 is 1.43 bits per heavy atom. The van der Waals surface area contributed by atoms with Gasteiger partial charge in [-0.3, -0.25) is 0 Å². The summed E-state index contributed by atoms with van der Waals surface area (Å²) in [6.45, 7) is 0. The lowest BCUT2D eigenvalue weighted by atomic mass is 9.88. The van der Waals surface area contributed by atoms with Crippen molar-refractivity contribution in [1.82, 2.24) is 4.98 Å². The van der Waals surface area contributed by atoms with Gasteiger partial charge in [0.05, 0.1) is 0 Å². The molecule has 0 saturated heterocycles. The van der Waals surface area contributed by atoms with Gasteiger partial charge in [0.1, 0.15) is 11.0 Å². The molecule has 1 heterocycles. The van der Waals surface area contributed by atoms with Crippen molar-refractivity contribution in [1.29, 1.82) is 0 Å². The number of anilines is 1. The molecule has 0 amide bonds. The number of aromatic nitrogens is 1. The summed E-state index contributed by atoms with van der Waals surface area (Å²) < 4.78 is 25.0. The third kappa shape index (κ3) is 2.12. The fraction of sp³-hybridized carbons (Fsp3) is 0.444. The van der Waals surface area contributed by atoms with Crippen LogP contribution in [0.2, 0.25) is 5.15 Å². The van der Waals surface area contributed by atoms with Crippen molar-refractivity contribution >= 4 is 17.4 Å². The monoisotopic (exact) mass is 218 g/mol. The molecule has 2 rings (SSSR count). The van der Waals surface area contributed by atoms with Gasteiger partial charge in [-0.15, -0.1) is 0 Å². The van der Waals surface area contributed by atoms with Gasteiger partial charge in [0.25, 0.3) is 5.92 Å². The Balaban J connectivity index is 1.93. The topological polar surface area (TPSA) is 24.9 Å². The number of hydrogen-bond donors (Lipinski definition) is 1. The van der Waals surface area contributed by atoms with Gasteiger partial charge < -0.3 is 5.32 Å². The summed E-state index contributed by atoms with van der Waals surface area (Å²) in [6, 6.07) is 4.90. The zero-order valence-corrected chi connectivity index (χ0v) is 8.06. The van der Waals surface area contributed by atoms with Crippen LogP contribution >= 0.6 is 11.6 Å². The van der Waals surface area contributed by atoms with Crippen LogP contribution in [0, 0.1) is 0 Å². The number of pyridine rings is 1. The molecular weight excluding hydrogens is 210 g/mol. The van der Waals surface area contributed by atoms with Crippen molar-refractivity contribution in [2.75, 3.05) is 5.32 Å². The smallest absolute Gasteiger partial charge is 0.252 e. The lowest BCUT2D eigenvalue weighted by Gasteiger charge is -2.35. The Morgan fingerprint density at radius 3 is 2.71 bits per heavy atom. The molecule has 1 aliphatic carbocycles. The highest BCUT2D eigenvalue weighted by Crippen LogP contribution is 2.38. The van der Waals surface area contributed by atoms with E-state index in [1.165, 1.54) is 0 Å². The zero-order chi connectivity index (χ0) is 10.2. The standard InChI is InChI=1S/C9H9ClF2N2/c10-7-2-1-3-8(14-7)13-6-4-9(11,12)5-6/h1-3,6H,4-5H2,(H,13,14). The maximum absolute atomic E-state index is 12.5. The Bertz CT molecular complexity index is 335. The van der Waals surface area contributed by atoms with E-state index in [1.54, 1.807) is 18.2 Å². The Labute approximate surface area is 85.3 Å². The van der Waals surface area contributed by atoms with E-state index >= 15 is 0 Å². The molecule has 14 heavy (non-hydrogen) atoms. The number of halogens is 3. The molecular formula is C9H9ClF2N2. The second kappa shape index (κ2) is 3.35. The molecule has 1 aliphatic rings. The molecule has 0 bridgehead atoms. The van der Waals surface area contributed by atoms with Crippen LogP contribution in [-0.2, 0) is 0 Å². The highest BCUT2D eigenvalue weighted by atomic mass is 35.5. The number of alkyl halides is 2. The Hall–Kier alpha value is -0.900. The van der Waals surface area contributed by atoms with Crippen LogP contribution in [0.1, 0.15) is 12.8 Å². The van der Waals surface area contributed by atoms with Gasteiger partial charge >= 0.3 is 0 Å². The molecule has 1 saturated carbocycles. The van der Waals surface area contributed by atoms with E-state index in [0.29, 0.717) is 11.0 Å². The third-order valence-electron chi connectivity index (χ3n) is 2.16. The van der Waals surface area contributed by atoms with E-state index in [2.05, 4.69) is 10.3 Å². The van der Waals surface area contributed by atoms with Gasteiger partial charge in [-0.05, 0) is 12.1 Å². The van der Waals surface area contributed by atoms with Crippen molar-refractivity contribution in [3.05, 3.63) is 23.4 Å². The summed E-state index contributed by atoms with van der Waals surface area (Å²) in [6.07, 6.45) is -0.248. The van der Waals surface area contributed by atoms with Crippen molar-refractivity contribution < 1.29 is 8.78 Å². The molecule has 0 radical (unpaired) electrons. The minimum atomic E-state index is -2.50. The normalized spacial score (nSPS) is 20.2. The van der Waals surface area contributed by atoms with Crippen molar-refractivity contribution in [2.45, 2.75) is 24.8 Å². The predicted molar refractivity (Wildman–Crippen MR) is 50.8 cm³/mol. The van der Waals surface area contributed by atoms with Crippen LogP contribution in [0.4, 0.5) is 14.6 Å². The van der Waals surface area contributed by atoms with Crippen LogP contribution in [0.25, 0.3) is 0 Å². The van der Waals surface area contributed by atoms with Gasteiger partial charge in [-0.2, -0.15) is 0 Å². The molecule has 5 heteroatoms. The summed E-state index contributed by atoms with van der Waals surface area (Å²) in [4.78, 5) is 3.95. The molecule has 0 spiro atoms. The summed E-state index contributed by atoms with van der Waals surface area (Å²) in [5.74, 6) is -1.95. The van der Waals surface area contributed by atoms with E-state index in [-0.39, 0.29) is 18.9 Å². The maximum Gasteiger partial charge on any atom is 0.252 e.